The molecule has 0 fully saturated rings. The van der Waals surface area contributed by atoms with Crippen LogP contribution in [0.4, 0.5) is 23.5 Å². The number of imidazole rings is 1. The van der Waals surface area contributed by atoms with Crippen molar-refractivity contribution in [2.24, 2.45) is 0 Å². The molecule has 1 atom stereocenters. The topological polar surface area (TPSA) is 142 Å². The van der Waals surface area contributed by atoms with E-state index >= 15 is 0 Å². The molecule has 0 spiro atoms. The smallest absolute Gasteiger partial charge is 0.386 e. The van der Waals surface area contributed by atoms with Gasteiger partial charge in [0.25, 0.3) is 0 Å². The first kappa shape index (κ1) is 31.7. The van der Waals surface area contributed by atoms with Crippen molar-refractivity contribution < 1.29 is 41.5 Å². The standard InChI is InChI=1S/C30H27F4N5O5/c31-21-6-3-5-20(15-21)18-10-12-19(13-11-18)24(16-27(42)44-28(43)30(32,33)34)37-26(41)17-36-25(40)9-4-14-35-29-38-22-7-1-2-8-23(22)39-29/h1-3,5-8,10-13,15,24H,4,9,14,16-17H2,(H,36,40)(H,37,41)(H2,35,38,39). The van der Waals surface area contributed by atoms with E-state index in [0.29, 0.717) is 30.0 Å². The number of carbonyl (C=O) groups is 4. The number of H-pyrrole nitrogens is 1. The van der Waals surface area contributed by atoms with Crippen molar-refractivity contribution in [1.82, 2.24) is 20.6 Å². The van der Waals surface area contributed by atoms with Gasteiger partial charge in [-0.25, -0.2) is 14.2 Å². The molecule has 10 nitrogen and oxygen atoms in total. The lowest BCUT2D eigenvalue weighted by Gasteiger charge is -2.19. The van der Waals surface area contributed by atoms with Gasteiger partial charge in [0, 0.05) is 13.0 Å². The summed E-state index contributed by atoms with van der Waals surface area (Å²) in [6.07, 6.45) is -5.69. The number of nitrogens with zero attached hydrogens (tertiary/aromatic N) is 1. The van der Waals surface area contributed by atoms with Crippen LogP contribution in [0.1, 0.15) is 30.9 Å². The van der Waals surface area contributed by atoms with E-state index in [9.17, 15) is 36.7 Å². The van der Waals surface area contributed by atoms with Gasteiger partial charge in [0.15, 0.2) is 0 Å². The third-order valence-electron chi connectivity index (χ3n) is 6.32. The molecule has 4 N–H and O–H groups in total. The predicted molar refractivity (Wildman–Crippen MR) is 151 cm³/mol. The van der Waals surface area contributed by atoms with Crippen LogP contribution in [0.2, 0.25) is 0 Å². The number of alkyl halides is 3. The number of aromatic amines is 1. The maximum atomic E-state index is 13.6. The van der Waals surface area contributed by atoms with E-state index in [1.165, 1.54) is 30.3 Å². The van der Waals surface area contributed by atoms with Gasteiger partial charge in [0.2, 0.25) is 17.8 Å². The minimum atomic E-state index is -5.38. The second kappa shape index (κ2) is 14.3. The zero-order valence-electron chi connectivity index (χ0n) is 23.0. The first-order chi connectivity index (χ1) is 21.0. The normalized spacial score (nSPS) is 11.9. The first-order valence-electron chi connectivity index (χ1n) is 13.4. The van der Waals surface area contributed by atoms with Crippen molar-refractivity contribution >= 4 is 40.7 Å². The molecule has 1 unspecified atom stereocenters. The van der Waals surface area contributed by atoms with E-state index in [2.05, 4.69) is 30.7 Å². The van der Waals surface area contributed by atoms with E-state index in [1.54, 1.807) is 18.2 Å². The summed E-state index contributed by atoms with van der Waals surface area (Å²) in [7, 11) is 0. The number of esters is 2. The Kier molecular flexibility index (Phi) is 10.3. The molecule has 44 heavy (non-hydrogen) atoms. The maximum Gasteiger partial charge on any atom is 0.491 e. The molecule has 2 amide bonds. The Balaban J connectivity index is 1.31. The minimum Gasteiger partial charge on any atom is -0.386 e. The van der Waals surface area contributed by atoms with Crippen LogP contribution in [-0.4, -0.2) is 53.0 Å². The van der Waals surface area contributed by atoms with Crippen LogP contribution < -0.4 is 16.0 Å². The molecule has 0 radical (unpaired) electrons. The molecule has 0 aliphatic carbocycles. The van der Waals surface area contributed by atoms with Crippen LogP contribution >= 0.6 is 0 Å². The molecule has 1 heterocycles. The van der Waals surface area contributed by atoms with Crippen molar-refractivity contribution in [3.05, 3.63) is 84.2 Å². The monoisotopic (exact) mass is 613 g/mol. The summed E-state index contributed by atoms with van der Waals surface area (Å²) < 4.78 is 55.2. The summed E-state index contributed by atoms with van der Waals surface area (Å²) >= 11 is 0. The Bertz CT molecular complexity index is 1610. The largest absolute Gasteiger partial charge is 0.491 e. The highest BCUT2D eigenvalue weighted by Gasteiger charge is 2.42. The van der Waals surface area contributed by atoms with Gasteiger partial charge in [-0.2, -0.15) is 13.2 Å². The molecule has 0 aliphatic rings. The Morgan fingerprint density at radius 3 is 2.36 bits per heavy atom. The van der Waals surface area contributed by atoms with Crippen LogP contribution in [0.15, 0.2) is 72.8 Å². The van der Waals surface area contributed by atoms with Crippen molar-refractivity contribution in [1.29, 1.82) is 0 Å². The predicted octanol–water partition coefficient (Wildman–Crippen LogP) is 4.56. The average Bonchev–Trinajstić information content (AvgIpc) is 3.40. The highest BCUT2D eigenvalue weighted by molar-refractivity contribution is 5.89. The van der Waals surface area contributed by atoms with Crippen LogP contribution in [-0.2, 0) is 23.9 Å². The van der Waals surface area contributed by atoms with Gasteiger partial charge in [0.1, 0.15) is 5.82 Å². The number of ether oxygens (including phenoxy) is 1. The molecule has 0 aliphatic heterocycles. The van der Waals surface area contributed by atoms with E-state index in [-0.39, 0.29) is 12.0 Å². The van der Waals surface area contributed by atoms with Gasteiger partial charge in [-0.05, 0) is 47.4 Å². The maximum absolute atomic E-state index is 13.6. The number of halogens is 4. The molecule has 0 bridgehead atoms. The van der Waals surface area contributed by atoms with E-state index in [1.807, 2.05) is 24.3 Å². The summed E-state index contributed by atoms with van der Waals surface area (Å²) in [6.45, 7) is -0.0594. The number of anilines is 1. The van der Waals surface area contributed by atoms with Gasteiger partial charge in [0.05, 0.1) is 30.0 Å². The minimum absolute atomic E-state index is 0.0807. The number of aromatic nitrogens is 2. The summed E-state index contributed by atoms with van der Waals surface area (Å²) in [5, 5.41) is 7.99. The Hall–Kier alpha value is -5.27. The molecule has 0 saturated heterocycles. The van der Waals surface area contributed by atoms with Crippen LogP contribution in [0.25, 0.3) is 22.2 Å². The lowest BCUT2D eigenvalue weighted by atomic mass is 9.99. The van der Waals surface area contributed by atoms with Crippen molar-refractivity contribution in [2.45, 2.75) is 31.5 Å². The quantitative estimate of drug-likeness (QED) is 0.0795. The van der Waals surface area contributed by atoms with Gasteiger partial charge in [-0.15, -0.1) is 0 Å². The van der Waals surface area contributed by atoms with Crippen LogP contribution in [0.3, 0.4) is 0 Å². The zero-order chi connectivity index (χ0) is 31.7. The lowest BCUT2D eigenvalue weighted by Crippen LogP contribution is -2.39. The van der Waals surface area contributed by atoms with E-state index < -0.39 is 54.8 Å². The number of rotatable bonds is 12. The molecular weight excluding hydrogens is 586 g/mol. The zero-order valence-corrected chi connectivity index (χ0v) is 23.0. The fourth-order valence-electron chi connectivity index (χ4n) is 4.20. The Morgan fingerprint density at radius 1 is 0.909 bits per heavy atom. The summed E-state index contributed by atoms with van der Waals surface area (Å²) in [4.78, 5) is 55.6. The first-order valence-corrected chi connectivity index (χ1v) is 13.4. The third-order valence-corrected chi connectivity index (χ3v) is 6.32. The van der Waals surface area contributed by atoms with E-state index in [4.69, 9.17) is 0 Å². The number of hydrogen-bond acceptors (Lipinski definition) is 7. The highest BCUT2D eigenvalue weighted by atomic mass is 19.4. The number of benzene rings is 3. The van der Waals surface area contributed by atoms with Crippen molar-refractivity contribution in [2.75, 3.05) is 18.4 Å². The fraction of sp³-hybridized carbons (Fsp3) is 0.233. The van der Waals surface area contributed by atoms with Crippen LogP contribution in [0, 0.1) is 5.82 Å². The number of fused-ring (bicyclic) bond motifs is 1. The summed E-state index contributed by atoms with van der Waals surface area (Å²) in [5.41, 5.74) is 3.08. The van der Waals surface area contributed by atoms with Gasteiger partial charge >= 0.3 is 18.1 Å². The number of hydrogen-bond donors (Lipinski definition) is 4. The highest BCUT2D eigenvalue weighted by Crippen LogP contribution is 2.25. The molecule has 4 aromatic rings. The van der Waals surface area contributed by atoms with Gasteiger partial charge < -0.3 is 25.7 Å². The Morgan fingerprint density at radius 2 is 1.66 bits per heavy atom. The summed E-state index contributed by atoms with van der Waals surface area (Å²) in [6, 6.07) is 18.1. The fourth-order valence-corrected chi connectivity index (χ4v) is 4.20. The second-order valence-corrected chi connectivity index (χ2v) is 9.63. The number of nitrogens with one attached hydrogen (secondary N) is 4. The van der Waals surface area contributed by atoms with Crippen LogP contribution in [0.5, 0.6) is 0 Å². The SMILES string of the molecule is O=C(CCCNc1nc2ccccc2[nH]1)NCC(=O)NC(CC(=O)OC(=O)C(F)(F)F)c1ccc(-c2cccc(F)c2)cc1. The number of carbonyl (C=O) groups excluding carboxylic acids is 4. The third kappa shape index (κ3) is 9.11. The second-order valence-electron chi connectivity index (χ2n) is 9.63. The molecule has 0 saturated carbocycles. The summed E-state index contributed by atoms with van der Waals surface area (Å²) in [5.74, 6) is -5.29. The lowest BCUT2D eigenvalue weighted by molar-refractivity contribution is -0.202. The number of para-hydroxylation sites is 2. The average molecular weight is 614 g/mol. The molecule has 230 valence electrons. The van der Waals surface area contributed by atoms with Gasteiger partial charge in [-0.3, -0.25) is 14.4 Å². The molecule has 4 rings (SSSR count). The molecule has 14 heteroatoms. The number of amides is 2. The molecule has 3 aromatic carbocycles. The molecule has 1 aromatic heterocycles. The van der Waals surface area contributed by atoms with Gasteiger partial charge in [-0.1, -0.05) is 48.5 Å². The van der Waals surface area contributed by atoms with Crippen molar-refractivity contribution in [3.63, 3.8) is 0 Å². The van der Waals surface area contributed by atoms with Crippen molar-refractivity contribution in [3.8, 4) is 11.1 Å². The van der Waals surface area contributed by atoms with E-state index in [0.717, 1.165) is 11.0 Å². The molecular formula is C30H27F4N5O5. The Labute approximate surface area is 248 Å².